The van der Waals surface area contributed by atoms with Crippen molar-refractivity contribution in [2.75, 3.05) is 19.6 Å². The van der Waals surface area contributed by atoms with Gasteiger partial charge in [-0.3, -0.25) is 4.79 Å². The zero-order valence-corrected chi connectivity index (χ0v) is 21.9. The number of nitrogens with zero attached hydrogens (tertiary/aromatic N) is 2. The number of aryl methyl sites for hydroxylation is 1. The molecular formula is C24H36FIN4O2. The van der Waals surface area contributed by atoms with E-state index >= 15 is 0 Å². The number of guanidine groups is 1. The molecule has 1 aliphatic rings. The van der Waals surface area contributed by atoms with Gasteiger partial charge in [-0.25, -0.2) is 9.38 Å². The summed E-state index contributed by atoms with van der Waals surface area (Å²) >= 11 is 0. The molecule has 2 heterocycles. The molecule has 0 unspecified atom stereocenters. The number of furan rings is 1. The fourth-order valence-electron chi connectivity index (χ4n) is 4.20. The van der Waals surface area contributed by atoms with Crippen LogP contribution in [-0.2, 0) is 11.3 Å². The molecule has 1 aromatic heterocycles. The summed E-state index contributed by atoms with van der Waals surface area (Å²) in [5.41, 5.74) is 1.60. The van der Waals surface area contributed by atoms with Crippen LogP contribution < -0.4 is 10.6 Å². The lowest BCUT2D eigenvalue weighted by Crippen LogP contribution is -2.50. The Labute approximate surface area is 207 Å². The third-order valence-electron chi connectivity index (χ3n) is 6.20. The highest BCUT2D eigenvalue weighted by atomic mass is 127. The molecule has 1 aromatic carbocycles. The predicted molar refractivity (Wildman–Crippen MR) is 138 cm³/mol. The van der Waals surface area contributed by atoms with Crippen molar-refractivity contribution in [3.63, 3.8) is 0 Å². The van der Waals surface area contributed by atoms with Crippen molar-refractivity contribution in [1.29, 1.82) is 0 Å². The van der Waals surface area contributed by atoms with Crippen molar-refractivity contribution < 1.29 is 13.6 Å². The van der Waals surface area contributed by atoms with Crippen LogP contribution in [0.15, 0.2) is 27.6 Å². The lowest BCUT2D eigenvalue weighted by molar-refractivity contribution is -0.136. The van der Waals surface area contributed by atoms with Gasteiger partial charge in [-0.15, -0.1) is 24.0 Å². The number of piperidine rings is 1. The number of carbonyl (C=O) groups excluding carboxylic acids is 1. The lowest BCUT2D eigenvalue weighted by atomic mass is 9.98. The van der Waals surface area contributed by atoms with Crippen LogP contribution in [-0.4, -0.2) is 42.4 Å². The van der Waals surface area contributed by atoms with Crippen molar-refractivity contribution in [3.05, 3.63) is 35.3 Å². The summed E-state index contributed by atoms with van der Waals surface area (Å²) in [6.45, 7) is 10.8. The van der Waals surface area contributed by atoms with Gasteiger partial charge in [-0.05, 0) is 57.7 Å². The van der Waals surface area contributed by atoms with Gasteiger partial charge in [0.15, 0.2) is 5.96 Å². The van der Waals surface area contributed by atoms with E-state index < -0.39 is 0 Å². The first kappa shape index (κ1) is 26.4. The van der Waals surface area contributed by atoms with Crippen LogP contribution in [0.3, 0.4) is 0 Å². The minimum atomic E-state index is -0.268. The topological polar surface area (TPSA) is 69.9 Å². The molecule has 1 amide bonds. The predicted octanol–water partition coefficient (Wildman–Crippen LogP) is 4.98. The summed E-state index contributed by atoms with van der Waals surface area (Å²) in [4.78, 5) is 19.3. The highest BCUT2D eigenvalue weighted by Gasteiger charge is 2.26. The molecule has 0 bridgehead atoms. The number of rotatable bonds is 7. The number of hydrogen-bond donors (Lipinski definition) is 2. The number of benzene rings is 1. The Balaban J connectivity index is 0.00000363. The van der Waals surface area contributed by atoms with Crippen molar-refractivity contribution in [2.24, 2.45) is 10.9 Å². The summed E-state index contributed by atoms with van der Waals surface area (Å²) in [5, 5.41) is 7.58. The Kier molecular flexibility index (Phi) is 10.2. The molecule has 0 spiro atoms. The zero-order valence-electron chi connectivity index (χ0n) is 19.5. The number of halogens is 2. The molecule has 1 fully saturated rings. The summed E-state index contributed by atoms with van der Waals surface area (Å²) in [5.74, 6) is 1.64. The molecule has 6 nitrogen and oxygen atoms in total. The Hall–Kier alpha value is -1.84. The second-order valence-electron chi connectivity index (χ2n) is 8.24. The average Bonchev–Trinajstić information content (AvgIpc) is 3.08. The van der Waals surface area contributed by atoms with Gasteiger partial charge in [0.1, 0.15) is 23.7 Å². The Morgan fingerprint density at radius 2 is 1.94 bits per heavy atom. The number of carbonyl (C=O) groups is 1. The SMILES string of the molecule is CCNC(=NCc1oc2ccc(F)cc2c1C)NC1CCN(C(=O)C(CC)CC)CC1.I. The van der Waals surface area contributed by atoms with Crippen LogP contribution in [0.25, 0.3) is 11.0 Å². The molecule has 2 aromatic rings. The molecular weight excluding hydrogens is 522 g/mol. The van der Waals surface area contributed by atoms with E-state index in [1.165, 1.54) is 12.1 Å². The number of hydrogen-bond acceptors (Lipinski definition) is 3. The highest BCUT2D eigenvalue weighted by molar-refractivity contribution is 14.0. The first-order valence-corrected chi connectivity index (χ1v) is 11.5. The van der Waals surface area contributed by atoms with Gasteiger partial charge in [0, 0.05) is 42.5 Å². The van der Waals surface area contributed by atoms with Crippen molar-refractivity contribution in [2.45, 2.75) is 66.0 Å². The van der Waals surface area contributed by atoms with Gasteiger partial charge in [0.2, 0.25) is 5.91 Å². The normalized spacial score (nSPS) is 15.2. The summed E-state index contributed by atoms with van der Waals surface area (Å²) in [6.07, 6.45) is 3.61. The van der Waals surface area contributed by atoms with Gasteiger partial charge >= 0.3 is 0 Å². The van der Waals surface area contributed by atoms with Crippen LogP contribution in [0.2, 0.25) is 0 Å². The fourth-order valence-corrected chi connectivity index (χ4v) is 4.20. The molecule has 1 aliphatic heterocycles. The number of amides is 1. The molecule has 0 radical (unpaired) electrons. The zero-order chi connectivity index (χ0) is 22.4. The van der Waals surface area contributed by atoms with Gasteiger partial charge < -0.3 is 20.0 Å². The standard InChI is InChI=1S/C24H35FN4O2.HI/c1-5-17(6-2)23(30)29-12-10-19(11-13-29)28-24(26-7-3)27-15-22-16(4)20-14-18(25)8-9-21(20)31-22;/h8-9,14,17,19H,5-7,10-13,15H2,1-4H3,(H2,26,27,28);1H. The van der Waals surface area contributed by atoms with E-state index in [4.69, 9.17) is 9.41 Å². The second-order valence-corrected chi connectivity index (χ2v) is 8.24. The summed E-state index contributed by atoms with van der Waals surface area (Å²) in [7, 11) is 0. The Morgan fingerprint density at radius 1 is 1.25 bits per heavy atom. The molecule has 0 saturated carbocycles. The molecule has 8 heteroatoms. The van der Waals surface area contributed by atoms with E-state index in [0.717, 1.165) is 68.0 Å². The summed E-state index contributed by atoms with van der Waals surface area (Å²) < 4.78 is 19.4. The largest absolute Gasteiger partial charge is 0.459 e. The number of nitrogens with one attached hydrogen (secondary N) is 2. The van der Waals surface area contributed by atoms with Crippen molar-refractivity contribution >= 4 is 46.8 Å². The molecule has 1 saturated heterocycles. The highest BCUT2D eigenvalue weighted by Crippen LogP contribution is 2.26. The number of likely N-dealkylation sites (tertiary alicyclic amines) is 1. The van der Waals surface area contributed by atoms with Crippen LogP contribution in [0.1, 0.15) is 57.8 Å². The molecule has 2 N–H and O–H groups in total. The van der Waals surface area contributed by atoms with E-state index in [9.17, 15) is 9.18 Å². The molecule has 178 valence electrons. The summed E-state index contributed by atoms with van der Waals surface area (Å²) in [6, 6.07) is 4.84. The first-order chi connectivity index (χ1) is 15.0. The van der Waals surface area contributed by atoms with Crippen LogP contribution in [0.5, 0.6) is 0 Å². The van der Waals surface area contributed by atoms with Crippen LogP contribution >= 0.6 is 24.0 Å². The third kappa shape index (κ3) is 6.36. The fraction of sp³-hybridized carbons (Fsp3) is 0.583. The average molecular weight is 558 g/mol. The quantitative estimate of drug-likeness (QED) is 0.286. The van der Waals surface area contributed by atoms with E-state index in [0.29, 0.717) is 18.0 Å². The smallest absolute Gasteiger partial charge is 0.225 e. The van der Waals surface area contributed by atoms with Gasteiger partial charge in [0.25, 0.3) is 0 Å². The van der Waals surface area contributed by atoms with Crippen molar-refractivity contribution in [3.8, 4) is 0 Å². The monoisotopic (exact) mass is 558 g/mol. The third-order valence-corrected chi connectivity index (χ3v) is 6.20. The van der Waals surface area contributed by atoms with E-state index in [-0.39, 0.29) is 41.8 Å². The minimum absolute atomic E-state index is 0. The minimum Gasteiger partial charge on any atom is -0.459 e. The molecule has 3 rings (SSSR count). The van der Waals surface area contributed by atoms with Crippen molar-refractivity contribution in [1.82, 2.24) is 15.5 Å². The van der Waals surface area contributed by atoms with E-state index in [2.05, 4.69) is 24.5 Å². The second kappa shape index (κ2) is 12.4. The first-order valence-electron chi connectivity index (χ1n) is 11.5. The van der Waals surface area contributed by atoms with Gasteiger partial charge in [-0.2, -0.15) is 0 Å². The van der Waals surface area contributed by atoms with Gasteiger partial charge in [-0.1, -0.05) is 13.8 Å². The molecule has 0 aliphatic carbocycles. The Bertz CT molecular complexity index is 918. The lowest BCUT2D eigenvalue weighted by Gasteiger charge is -2.34. The molecule has 32 heavy (non-hydrogen) atoms. The van der Waals surface area contributed by atoms with Crippen LogP contribution in [0, 0.1) is 18.7 Å². The Morgan fingerprint density at radius 3 is 2.56 bits per heavy atom. The van der Waals surface area contributed by atoms with Gasteiger partial charge in [0.05, 0.1) is 0 Å². The van der Waals surface area contributed by atoms with E-state index in [1.54, 1.807) is 6.07 Å². The maximum Gasteiger partial charge on any atom is 0.225 e. The van der Waals surface area contributed by atoms with Crippen LogP contribution in [0.4, 0.5) is 4.39 Å². The van der Waals surface area contributed by atoms with E-state index in [1.807, 2.05) is 18.7 Å². The molecule has 0 atom stereocenters. The maximum absolute atomic E-state index is 13.5. The maximum atomic E-state index is 13.5. The number of fused-ring (bicyclic) bond motifs is 1. The number of aliphatic imine (C=N–C) groups is 1.